The molecule has 5 N–H and O–H groups in total. The number of Topliss-reactive ketones (excluding diaryl/α,β-unsaturated/α-hetero) is 1. The Hall–Kier alpha value is -4.28. The van der Waals surface area contributed by atoms with E-state index in [1.165, 1.54) is 17.0 Å². The van der Waals surface area contributed by atoms with Crippen molar-refractivity contribution in [1.82, 2.24) is 15.1 Å². The van der Waals surface area contributed by atoms with Gasteiger partial charge in [-0.1, -0.05) is 24.3 Å². The lowest BCUT2D eigenvalue weighted by molar-refractivity contribution is -0.153. The van der Waals surface area contributed by atoms with Gasteiger partial charge in [0, 0.05) is 31.9 Å². The summed E-state index contributed by atoms with van der Waals surface area (Å²) in [6, 6.07) is 5.66. The van der Waals surface area contributed by atoms with Crippen LogP contribution in [0, 0.1) is 6.92 Å². The molecular weight excluding hydrogens is 571 g/mol. The fraction of sp³-hybridized carbons (Fsp3) is 0.346. The van der Waals surface area contributed by atoms with E-state index in [1.54, 1.807) is 26.0 Å². The van der Waals surface area contributed by atoms with Crippen molar-refractivity contribution in [2.24, 2.45) is 5.14 Å². The molecule has 2 aromatic carbocycles. The molecule has 42 heavy (non-hydrogen) atoms. The predicted molar refractivity (Wildman–Crippen MR) is 147 cm³/mol. The molecule has 2 heterocycles. The molecule has 2 aromatic rings. The highest BCUT2D eigenvalue weighted by molar-refractivity contribution is 7.89. The maximum atomic E-state index is 13.6. The van der Waals surface area contributed by atoms with E-state index in [9.17, 15) is 42.5 Å². The van der Waals surface area contributed by atoms with E-state index >= 15 is 0 Å². The fourth-order valence-electron chi connectivity index (χ4n) is 5.01. The summed E-state index contributed by atoms with van der Waals surface area (Å²) in [6.45, 7) is 3.56. The summed E-state index contributed by atoms with van der Waals surface area (Å²) in [6.07, 6.45) is -0.269. The summed E-state index contributed by atoms with van der Waals surface area (Å²) < 4.78 is 29.0. The number of nitrogens with zero attached hydrogens (tertiary/aromatic N) is 2. The second-order valence-corrected chi connectivity index (χ2v) is 11.6. The second-order valence-electron chi connectivity index (χ2n) is 10.0. The maximum absolute atomic E-state index is 13.6. The zero-order chi connectivity index (χ0) is 30.9. The molecule has 0 aliphatic carbocycles. The maximum Gasteiger partial charge on any atom is 0.526 e. The monoisotopic (exact) mass is 600 g/mol. The Kier molecular flexibility index (Phi) is 8.70. The molecule has 1 unspecified atom stereocenters. The number of carboxylic acids is 1. The van der Waals surface area contributed by atoms with Gasteiger partial charge in [-0.05, 0) is 49.1 Å². The molecule has 4 amide bonds. The number of rotatable bonds is 8. The topological polar surface area (TPSA) is 214 Å². The molecule has 16 heteroatoms. The highest BCUT2D eigenvalue weighted by atomic mass is 32.2. The number of imide groups is 1. The predicted octanol–water partition coefficient (Wildman–Crippen LogP) is 0.227. The van der Waals surface area contributed by atoms with Gasteiger partial charge in [-0.15, -0.1) is 0 Å². The van der Waals surface area contributed by atoms with Crippen LogP contribution in [0.4, 0.5) is 4.79 Å². The van der Waals surface area contributed by atoms with E-state index in [0.717, 1.165) is 12.1 Å². The lowest BCUT2D eigenvalue weighted by Crippen LogP contribution is -2.58. The van der Waals surface area contributed by atoms with Gasteiger partial charge < -0.3 is 25.0 Å². The number of aryl methyl sites for hydroxylation is 1. The van der Waals surface area contributed by atoms with Crippen LogP contribution < -0.4 is 15.1 Å². The smallest absolute Gasteiger partial charge is 0.526 e. The number of hydrogen-bond donors (Lipinski definition) is 4. The number of carbonyl (C=O) groups is 5. The van der Waals surface area contributed by atoms with Crippen LogP contribution in [0.5, 0.6) is 5.75 Å². The lowest BCUT2D eigenvalue weighted by atomic mass is 9.64. The summed E-state index contributed by atoms with van der Waals surface area (Å²) in [7, 11) is -5.61. The van der Waals surface area contributed by atoms with Crippen molar-refractivity contribution >= 4 is 46.7 Å². The van der Waals surface area contributed by atoms with Gasteiger partial charge in [0.25, 0.3) is 0 Å². The first kappa shape index (κ1) is 30.7. The van der Waals surface area contributed by atoms with Crippen molar-refractivity contribution in [2.45, 2.75) is 43.4 Å². The summed E-state index contributed by atoms with van der Waals surface area (Å²) in [4.78, 5) is 65.2. The van der Waals surface area contributed by atoms with Gasteiger partial charge >= 0.3 is 30.9 Å². The Morgan fingerprint density at radius 3 is 2.38 bits per heavy atom. The van der Waals surface area contributed by atoms with Crippen LogP contribution in [0.15, 0.2) is 41.3 Å². The van der Waals surface area contributed by atoms with Gasteiger partial charge in [0.15, 0.2) is 5.78 Å². The zero-order valence-corrected chi connectivity index (χ0v) is 23.6. The Morgan fingerprint density at radius 2 is 1.79 bits per heavy atom. The molecule has 1 saturated heterocycles. The standard InChI is InChI=1S/C26H29BN4O10S/c1-3-30-10-11-31(24(34)23(30)33)26(37)29-21(15-6-8-18(9-7-15)42(28,39)40)19(32)13-17-12-16-5-4-14(2)20(25(35)36)22(16)41-27(17)38/h4-9,17,21,38H,3,10-13H2,1-2H3,(H,29,37)(H,35,36)(H2,28,39,40)/t17-,21?/m1/s1. The molecule has 2 atom stereocenters. The highest BCUT2D eigenvalue weighted by Gasteiger charge is 2.41. The van der Waals surface area contributed by atoms with Gasteiger partial charge in [0.1, 0.15) is 17.4 Å². The number of carboxylic acid groups (broad SMARTS) is 1. The fourth-order valence-corrected chi connectivity index (χ4v) is 5.52. The molecule has 0 saturated carbocycles. The number of ketones is 1. The van der Waals surface area contributed by atoms with Crippen LogP contribution >= 0.6 is 0 Å². The minimum absolute atomic E-state index is 0.0107. The van der Waals surface area contributed by atoms with Crippen LogP contribution in [-0.2, 0) is 30.8 Å². The Balaban J connectivity index is 1.60. The van der Waals surface area contributed by atoms with Crippen LogP contribution in [0.1, 0.15) is 46.4 Å². The molecule has 2 aliphatic heterocycles. The molecule has 14 nitrogen and oxygen atoms in total. The van der Waals surface area contributed by atoms with Crippen molar-refractivity contribution in [3.63, 3.8) is 0 Å². The summed E-state index contributed by atoms with van der Waals surface area (Å²) in [5.74, 6) is -4.61. The Bertz CT molecular complexity index is 1560. The molecule has 1 fully saturated rings. The summed E-state index contributed by atoms with van der Waals surface area (Å²) >= 11 is 0. The zero-order valence-electron chi connectivity index (χ0n) is 22.8. The number of nitrogens with one attached hydrogen (secondary N) is 1. The van der Waals surface area contributed by atoms with Crippen molar-refractivity contribution < 1.29 is 47.2 Å². The average molecular weight is 600 g/mol. The van der Waals surface area contributed by atoms with Gasteiger partial charge in [0.05, 0.1) is 4.90 Å². The van der Waals surface area contributed by atoms with Crippen LogP contribution in [0.3, 0.4) is 0 Å². The number of urea groups is 1. The SMILES string of the molecule is CCN1CCN(C(=O)NC(C(=O)C[C@H]2Cc3ccc(C)c(C(=O)O)c3OB2O)c2ccc(S(N)(=O)=O)cc2)C(=O)C1=O. The van der Waals surface area contributed by atoms with Crippen LogP contribution in [0.25, 0.3) is 0 Å². The highest BCUT2D eigenvalue weighted by Crippen LogP contribution is 2.38. The summed E-state index contributed by atoms with van der Waals surface area (Å²) in [5.41, 5.74) is 0.958. The first-order chi connectivity index (χ1) is 19.7. The molecule has 0 bridgehead atoms. The minimum atomic E-state index is -4.06. The minimum Gasteiger partial charge on any atom is -0.535 e. The number of aromatic carboxylic acids is 1. The van der Waals surface area contributed by atoms with Crippen LogP contribution in [0.2, 0.25) is 5.82 Å². The second kappa shape index (κ2) is 11.9. The van der Waals surface area contributed by atoms with Gasteiger partial charge in [0.2, 0.25) is 10.0 Å². The quantitative estimate of drug-likeness (QED) is 0.239. The van der Waals surface area contributed by atoms with E-state index in [0.29, 0.717) is 16.0 Å². The largest absolute Gasteiger partial charge is 0.535 e. The molecule has 2 aliphatic rings. The number of primary sulfonamides is 1. The molecule has 222 valence electrons. The van der Waals surface area contributed by atoms with E-state index in [4.69, 9.17) is 9.79 Å². The molecule has 4 rings (SSSR count). The van der Waals surface area contributed by atoms with E-state index in [-0.39, 0.29) is 54.2 Å². The third-order valence-electron chi connectivity index (χ3n) is 7.32. The van der Waals surface area contributed by atoms with E-state index < -0.39 is 58.6 Å². The number of hydrogen-bond acceptors (Lipinski definition) is 9. The molecule has 0 aromatic heterocycles. The van der Waals surface area contributed by atoms with E-state index in [2.05, 4.69) is 5.32 Å². The molecule has 0 spiro atoms. The number of amides is 4. The lowest BCUT2D eigenvalue weighted by Gasteiger charge is -2.33. The number of fused-ring (bicyclic) bond motifs is 1. The van der Waals surface area contributed by atoms with Gasteiger partial charge in [-0.25, -0.2) is 23.1 Å². The first-order valence-corrected chi connectivity index (χ1v) is 14.5. The van der Waals surface area contributed by atoms with Gasteiger partial charge in [-0.3, -0.25) is 19.3 Å². The molecular formula is C26H29BN4O10S. The number of sulfonamides is 1. The van der Waals surface area contributed by atoms with Crippen molar-refractivity contribution in [1.29, 1.82) is 0 Å². The van der Waals surface area contributed by atoms with Crippen molar-refractivity contribution in [2.75, 3.05) is 19.6 Å². The number of carbonyl (C=O) groups excluding carboxylic acids is 4. The third-order valence-corrected chi connectivity index (χ3v) is 8.25. The third kappa shape index (κ3) is 6.15. The molecule has 0 radical (unpaired) electrons. The first-order valence-electron chi connectivity index (χ1n) is 13.0. The Morgan fingerprint density at radius 1 is 1.12 bits per heavy atom. The van der Waals surface area contributed by atoms with Gasteiger partial charge in [-0.2, -0.15) is 0 Å². The average Bonchev–Trinajstić information content (AvgIpc) is 2.93. The number of nitrogens with two attached hydrogens (primary N) is 1. The number of piperazine rings is 1. The van der Waals surface area contributed by atoms with Crippen molar-refractivity contribution in [3.05, 3.63) is 58.7 Å². The number of benzene rings is 2. The van der Waals surface area contributed by atoms with Crippen LogP contribution in [-0.4, -0.2) is 84.7 Å². The normalized spacial score (nSPS) is 17.8. The van der Waals surface area contributed by atoms with Crippen molar-refractivity contribution in [3.8, 4) is 5.75 Å². The Labute approximate surface area is 241 Å². The van der Waals surface area contributed by atoms with E-state index in [1.807, 2.05) is 0 Å². The number of likely N-dealkylation sites (N-methyl/N-ethyl adjacent to an activating group) is 1. The summed E-state index contributed by atoms with van der Waals surface area (Å²) in [5, 5.41) is 27.9.